The Morgan fingerprint density at radius 1 is 1.13 bits per heavy atom. The molecule has 0 amide bonds. The fourth-order valence-electron chi connectivity index (χ4n) is 2.04. The van der Waals surface area contributed by atoms with E-state index in [2.05, 4.69) is 15.3 Å². The normalized spacial score (nSPS) is 11.2. The summed E-state index contributed by atoms with van der Waals surface area (Å²) in [4.78, 5) is 0. The van der Waals surface area contributed by atoms with Crippen LogP contribution in [0.3, 0.4) is 0 Å². The van der Waals surface area contributed by atoms with Crippen LogP contribution in [0.4, 0.5) is 8.78 Å². The minimum Gasteiger partial charge on any atom is -0.250 e. The number of halogens is 2. The van der Waals surface area contributed by atoms with Crippen LogP contribution in [-0.4, -0.2) is 21.1 Å². The van der Waals surface area contributed by atoms with E-state index < -0.39 is 0 Å². The number of benzene rings is 2. The molecule has 0 spiro atoms. The molecule has 0 saturated heterocycles. The maximum absolute atomic E-state index is 13.8. The van der Waals surface area contributed by atoms with Gasteiger partial charge in [-0.3, -0.25) is 5.10 Å². The highest BCUT2D eigenvalue weighted by Gasteiger charge is 2.09. The maximum atomic E-state index is 13.8. The van der Waals surface area contributed by atoms with Gasteiger partial charge in [0.1, 0.15) is 11.6 Å². The third kappa shape index (κ3) is 3.57. The van der Waals surface area contributed by atoms with Crippen LogP contribution in [0.15, 0.2) is 53.6 Å². The van der Waals surface area contributed by atoms with Crippen LogP contribution in [0, 0.1) is 16.4 Å². The Morgan fingerprint density at radius 3 is 2.61 bits per heavy atom. The molecule has 0 bridgehead atoms. The summed E-state index contributed by atoms with van der Waals surface area (Å²) >= 11 is 5.14. The summed E-state index contributed by atoms with van der Waals surface area (Å²) in [6.45, 7) is 0. The molecule has 7 heteroatoms. The van der Waals surface area contributed by atoms with Gasteiger partial charge < -0.3 is 0 Å². The predicted octanol–water partition coefficient (Wildman–Crippen LogP) is 3.69. The molecule has 23 heavy (non-hydrogen) atoms. The van der Waals surface area contributed by atoms with Gasteiger partial charge in [0.2, 0.25) is 4.77 Å². The van der Waals surface area contributed by atoms with Crippen LogP contribution in [0.5, 0.6) is 0 Å². The largest absolute Gasteiger partial charge is 0.250 e. The molecule has 116 valence electrons. The van der Waals surface area contributed by atoms with Crippen molar-refractivity contribution >= 4 is 18.4 Å². The molecule has 0 unspecified atom stereocenters. The minimum absolute atomic E-state index is 0.251. The highest BCUT2D eigenvalue weighted by atomic mass is 32.1. The first-order chi connectivity index (χ1) is 11.1. The molecule has 3 rings (SSSR count). The van der Waals surface area contributed by atoms with Crippen molar-refractivity contribution in [3.05, 3.63) is 81.9 Å². The molecule has 0 aliphatic heterocycles. The molecule has 0 atom stereocenters. The summed E-state index contributed by atoms with van der Waals surface area (Å²) in [5.74, 6) is -0.142. The van der Waals surface area contributed by atoms with Gasteiger partial charge in [-0.1, -0.05) is 30.3 Å². The van der Waals surface area contributed by atoms with Gasteiger partial charge in [0.15, 0.2) is 5.82 Å². The molecule has 0 fully saturated rings. The van der Waals surface area contributed by atoms with E-state index in [-0.39, 0.29) is 18.1 Å². The Labute approximate surface area is 136 Å². The highest BCUT2D eigenvalue weighted by molar-refractivity contribution is 7.71. The average molecular weight is 330 g/mol. The molecule has 0 aliphatic rings. The van der Waals surface area contributed by atoms with Crippen molar-refractivity contribution in [2.75, 3.05) is 0 Å². The third-order valence-electron chi connectivity index (χ3n) is 3.22. The van der Waals surface area contributed by atoms with Crippen LogP contribution < -0.4 is 0 Å². The second-order valence-electron chi connectivity index (χ2n) is 4.82. The van der Waals surface area contributed by atoms with E-state index in [0.29, 0.717) is 21.7 Å². The SMILES string of the molecule is Fc1ccc(/C=N/n2c(Cc3ccccc3F)n[nH]c2=S)cc1. The number of nitrogens with zero attached hydrogens (tertiary/aromatic N) is 3. The minimum atomic E-state index is -0.317. The van der Waals surface area contributed by atoms with Crippen molar-refractivity contribution < 1.29 is 8.78 Å². The standard InChI is InChI=1S/C16H12F2N4S/c17-13-7-5-11(6-8-13)10-19-22-15(20-21-16(22)23)9-12-3-1-2-4-14(12)18/h1-8,10H,9H2,(H,21,23)/b19-10+. The third-order valence-corrected chi connectivity index (χ3v) is 3.48. The number of nitrogens with one attached hydrogen (secondary N) is 1. The van der Waals surface area contributed by atoms with Gasteiger partial charge in [0, 0.05) is 6.42 Å². The Balaban J connectivity index is 1.88. The van der Waals surface area contributed by atoms with E-state index in [1.165, 1.54) is 29.1 Å². The lowest BCUT2D eigenvalue weighted by Gasteiger charge is -2.02. The lowest BCUT2D eigenvalue weighted by Crippen LogP contribution is -2.02. The zero-order chi connectivity index (χ0) is 16.2. The number of hydrogen-bond acceptors (Lipinski definition) is 3. The zero-order valence-electron chi connectivity index (χ0n) is 11.9. The molecule has 3 aromatic rings. The second-order valence-corrected chi connectivity index (χ2v) is 5.21. The number of rotatable bonds is 4. The van der Waals surface area contributed by atoms with Gasteiger partial charge in [-0.25, -0.2) is 8.78 Å². The van der Waals surface area contributed by atoms with Gasteiger partial charge in [-0.2, -0.15) is 14.9 Å². The predicted molar refractivity (Wildman–Crippen MR) is 86.0 cm³/mol. The van der Waals surface area contributed by atoms with Crippen molar-refractivity contribution in [3.63, 3.8) is 0 Å². The van der Waals surface area contributed by atoms with Gasteiger partial charge in [0.05, 0.1) is 6.21 Å². The molecule has 0 saturated carbocycles. The summed E-state index contributed by atoms with van der Waals surface area (Å²) < 4.78 is 28.4. The van der Waals surface area contributed by atoms with Crippen LogP contribution in [0.1, 0.15) is 17.0 Å². The van der Waals surface area contributed by atoms with E-state index in [9.17, 15) is 8.78 Å². The number of aromatic amines is 1. The average Bonchev–Trinajstić information content (AvgIpc) is 2.89. The fraction of sp³-hybridized carbons (Fsp3) is 0.0625. The topological polar surface area (TPSA) is 46.0 Å². The molecule has 0 radical (unpaired) electrons. The number of hydrogen-bond donors (Lipinski definition) is 1. The molecular weight excluding hydrogens is 318 g/mol. The number of H-pyrrole nitrogens is 1. The Hall–Kier alpha value is -2.67. The first-order valence-corrected chi connectivity index (χ1v) is 7.24. The molecule has 1 N–H and O–H groups in total. The molecule has 2 aromatic carbocycles. The second kappa shape index (κ2) is 6.62. The van der Waals surface area contributed by atoms with E-state index >= 15 is 0 Å². The van der Waals surface area contributed by atoms with Crippen LogP contribution in [0.25, 0.3) is 0 Å². The van der Waals surface area contributed by atoms with Crippen molar-refractivity contribution in [1.29, 1.82) is 0 Å². The Morgan fingerprint density at radius 2 is 1.87 bits per heavy atom. The highest BCUT2D eigenvalue weighted by Crippen LogP contribution is 2.12. The Kier molecular flexibility index (Phi) is 4.38. The molecule has 1 heterocycles. The van der Waals surface area contributed by atoms with E-state index in [4.69, 9.17) is 12.2 Å². The summed E-state index contributed by atoms with van der Waals surface area (Å²) in [5, 5.41) is 11.0. The molecular formula is C16H12F2N4S. The maximum Gasteiger partial charge on any atom is 0.216 e. The number of aromatic nitrogens is 3. The van der Waals surface area contributed by atoms with Crippen LogP contribution in [0.2, 0.25) is 0 Å². The van der Waals surface area contributed by atoms with E-state index in [1.807, 2.05) is 0 Å². The fourth-order valence-corrected chi connectivity index (χ4v) is 2.24. The Bertz CT molecular complexity index is 897. The summed E-state index contributed by atoms with van der Waals surface area (Å²) in [7, 11) is 0. The molecule has 1 aromatic heterocycles. The van der Waals surface area contributed by atoms with Crippen LogP contribution in [-0.2, 0) is 6.42 Å². The van der Waals surface area contributed by atoms with Crippen molar-refractivity contribution in [2.45, 2.75) is 6.42 Å². The van der Waals surface area contributed by atoms with Crippen molar-refractivity contribution in [2.24, 2.45) is 5.10 Å². The van der Waals surface area contributed by atoms with E-state index in [1.54, 1.807) is 30.3 Å². The van der Waals surface area contributed by atoms with Gasteiger partial charge in [0.25, 0.3) is 0 Å². The molecule has 0 aliphatic carbocycles. The van der Waals surface area contributed by atoms with Crippen molar-refractivity contribution in [1.82, 2.24) is 14.9 Å². The quantitative estimate of drug-likeness (QED) is 0.586. The smallest absolute Gasteiger partial charge is 0.216 e. The summed E-state index contributed by atoms with van der Waals surface area (Å²) in [6.07, 6.45) is 1.79. The van der Waals surface area contributed by atoms with Crippen LogP contribution >= 0.6 is 12.2 Å². The van der Waals surface area contributed by atoms with Crippen molar-refractivity contribution in [3.8, 4) is 0 Å². The first kappa shape index (κ1) is 15.2. The first-order valence-electron chi connectivity index (χ1n) is 6.83. The van der Waals surface area contributed by atoms with Gasteiger partial charge in [-0.15, -0.1) is 0 Å². The van der Waals surface area contributed by atoms with Gasteiger partial charge in [-0.05, 0) is 41.5 Å². The lowest BCUT2D eigenvalue weighted by atomic mass is 10.1. The van der Waals surface area contributed by atoms with E-state index in [0.717, 1.165) is 0 Å². The summed E-state index contributed by atoms with van der Waals surface area (Å²) in [6, 6.07) is 12.3. The molecule has 4 nitrogen and oxygen atoms in total. The summed E-state index contributed by atoms with van der Waals surface area (Å²) in [5.41, 5.74) is 1.21. The monoisotopic (exact) mass is 330 g/mol. The van der Waals surface area contributed by atoms with Gasteiger partial charge >= 0.3 is 0 Å². The zero-order valence-corrected chi connectivity index (χ0v) is 12.7. The lowest BCUT2D eigenvalue weighted by molar-refractivity contribution is 0.610.